The minimum atomic E-state index is -5.01. The number of thiophene rings is 1. The molecule has 2 fully saturated rings. The van der Waals surface area contributed by atoms with Gasteiger partial charge < -0.3 is 19.8 Å². The molecule has 2 aliphatic heterocycles. The molecule has 1 aromatic carbocycles. The number of aliphatic hydroxyl groups is 1. The number of hydrogen-bond acceptors (Lipinski definition) is 5. The maximum atomic E-state index is 13.9. The Morgan fingerprint density at radius 2 is 1.55 bits per heavy atom. The molecule has 242 valence electrons. The van der Waals surface area contributed by atoms with Gasteiger partial charge in [0.15, 0.2) is 0 Å². The fraction of sp³-hybridized carbons (Fsp3) is 0.567. The molecule has 3 atom stereocenters. The number of likely N-dealkylation sites (tertiary alicyclic amines) is 2. The third-order valence-electron chi connectivity index (χ3n) is 8.83. The number of rotatable bonds is 6. The van der Waals surface area contributed by atoms with E-state index in [1.54, 1.807) is 4.90 Å². The van der Waals surface area contributed by atoms with Gasteiger partial charge in [0.05, 0.1) is 17.2 Å². The zero-order valence-electron chi connectivity index (χ0n) is 24.5. The standard InChI is InChI=1S/C30H35F6N3O4S/c1-17-7-11-44-26(17)24-15-39(27(42)19-4-8-38(9-5-19)25(41)16-40)10-6-23(24)28(43)37(3)18(2)20-12-21(29(31,32)33)14-22(13-20)30(34,35)36/h7,11-14,18-19,23-24,40H,4-6,8-10,15-16H2,1-3H3/t18-,23?,24?/m0/s1. The van der Waals surface area contributed by atoms with Crippen molar-refractivity contribution in [1.29, 1.82) is 0 Å². The lowest BCUT2D eigenvalue weighted by molar-refractivity contribution is -0.146. The van der Waals surface area contributed by atoms with Gasteiger partial charge in [-0.05, 0) is 73.9 Å². The van der Waals surface area contributed by atoms with E-state index < -0.39 is 53.9 Å². The molecule has 2 unspecified atom stereocenters. The summed E-state index contributed by atoms with van der Waals surface area (Å²) in [7, 11) is 1.37. The molecule has 2 aromatic rings. The minimum Gasteiger partial charge on any atom is -0.387 e. The third kappa shape index (κ3) is 7.22. The summed E-state index contributed by atoms with van der Waals surface area (Å²) in [5.41, 5.74) is -2.25. The monoisotopic (exact) mass is 647 g/mol. The quantitative estimate of drug-likeness (QED) is 0.422. The zero-order valence-corrected chi connectivity index (χ0v) is 25.4. The molecule has 7 nitrogen and oxygen atoms in total. The molecule has 0 bridgehead atoms. The Balaban J connectivity index is 1.55. The normalized spacial score (nSPS) is 20.9. The van der Waals surface area contributed by atoms with E-state index >= 15 is 0 Å². The fourth-order valence-corrected chi connectivity index (χ4v) is 7.19. The maximum absolute atomic E-state index is 13.9. The molecule has 44 heavy (non-hydrogen) atoms. The van der Waals surface area contributed by atoms with E-state index in [9.17, 15) is 40.7 Å². The minimum absolute atomic E-state index is 0.0642. The van der Waals surface area contributed by atoms with E-state index in [0.717, 1.165) is 10.4 Å². The molecule has 1 aromatic heterocycles. The van der Waals surface area contributed by atoms with E-state index in [4.69, 9.17) is 5.11 Å². The van der Waals surface area contributed by atoms with Gasteiger partial charge in [0.2, 0.25) is 17.7 Å². The van der Waals surface area contributed by atoms with Crippen LogP contribution in [-0.4, -0.2) is 77.4 Å². The van der Waals surface area contributed by atoms with Crippen LogP contribution in [0.2, 0.25) is 0 Å². The topological polar surface area (TPSA) is 81.2 Å². The maximum Gasteiger partial charge on any atom is 0.416 e. The van der Waals surface area contributed by atoms with Crippen LogP contribution in [0, 0.1) is 18.8 Å². The third-order valence-corrected chi connectivity index (χ3v) is 9.98. The molecular formula is C30H35F6N3O4S. The first-order valence-electron chi connectivity index (χ1n) is 14.3. The van der Waals surface area contributed by atoms with Crippen LogP contribution in [0.4, 0.5) is 26.3 Å². The number of carbonyl (C=O) groups excluding carboxylic acids is 3. The van der Waals surface area contributed by atoms with Crippen molar-refractivity contribution >= 4 is 29.1 Å². The van der Waals surface area contributed by atoms with E-state index in [0.29, 0.717) is 38.1 Å². The smallest absolute Gasteiger partial charge is 0.387 e. The lowest BCUT2D eigenvalue weighted by Crippen LogP contribution is -2.51. The van der Waals surface area contributed by atoms with Gasteiger partial charge in [0.25, 0.3) is 0 Å². The number of piperidine rings is 2. The molecular weight excluding hydrogens is 612 g/mol. The van der Waals surface area contributed by atoms with Gasteiger partial charge in [-0.3, -0.25) is 14.4 Å². The van der Waals surface area contributed by atoms with Crippen LogP contribution >= 0.6 is 11.3 Å². The van der Waals surface area contributed by atoms with Crippen molar-refractivity contribution in [2.24, 2.45) is 11.8 Å². The van der Waals surface area contributed by atoms with Gasteiger partial charge in [-0.15, -0.1) is 11.3 Å². The predicted octanol–water partition coefficient (Wildman–Crippen LogP) is 5.48. The number of amides is 3. The molecule has 0 aliphatic carbocycles. The highest BCUT2D eigenvalue weighted by Crippen LogP contribution is 2.41. The highest BCUT2D eigenvalue weighted by molar-refractivity contribution is 7.10. The molecule has 1 N–H and O–H groups in total. The van der Waals surface area contributed by atoms with Gasteiger partial charge in [0, 0.05) is 55.9 Å². The van der Waals surface area contributed by atoms with Crippen molar-refractivity contribution in [1.82, 2.24) is 14.7 Å². The summed E-state index contributed by atoms with van der Waals surface area (Å²) in [6, 6.07) is 2.15. The lowest BCUT2D eigenvalue weighted by atomic mass is 9.81. The highest BCUT2D eigenvalue weighted by Gasteiger charge is 2.42. The van der Waals surface area contributed by atoms with Crippen LogP contribution in [0.15, 0.2) is 29.6 Å². The van der Waals surface area contributed by atoms with Crippen LogP contribution in [-0.2, 0) is 26.7 Å². The Morgan fingerprint density at radius 1 is 0.977 bits per heavy atom. The molecule has 3 amide bonds. The van der Waals surface area contributed by atoms with Crippen LogP contribution < -0.4 is 0 Å². The van der Waals surface area contributed by atoms with Crippen molar-refractivity contribution in [2.45, 2.75) is 57.4 Å². The average Bonchev–Trinajstić information content (AvgIpc) is 3.43. The summed E-state index contributed by atoms with van der Waals surface area (Å²) in [4.78, 5) is 44.6. The fourth-order valence-electron chi connectivity index (χ4n) is 6.11. The zero-order chi connectivity index (χ0) is 32.6. The lowest BCUT2D eigenvalue weighted by Gasteiger charge is -2.42. The van der Waals surface area contributed by atoms with Crippen molar-refractivity contribution in [3.63, 3.8) is 0 Å². The van der Waals surface area contributed by atoms with Crippen molar-refractivity contribution < 1.29 is 45.8 Å². The Kier molecular flexibility index (Phi) is 10.0. The second-order valence-electron chi connectivity index (χ2n) is 11.5. The van der Waals surface area contributed by atoms with E-state index in [-0.39, 0.29) is 48.9 Å². The van der Waals surface area contributed by atoms with E-state index in [1.165, 1.54) is 35.1 Å². The van der Waals surface area contributed by atoms with Crippen LogP contribution in [0.5, 0.6) is 0 Å². The number of halogens is 6. The molecule has 2 saturated heterocycles. The van der Waals surface area contributed by atoms with Crippen LogP contribution in [0.3, 0.4) is 0 Å². The summed E-state index contributed by atoms with van der Waals surface area (Å²) in [5, 5.41) is 11.0. The van der Waals surface area contributed by atoms with Crippen molar-refractivity contribution in [3.05, 3.63) is 56.8 Å². The molecule has 3 heterocycles. The number of carbonyl (C=O) groups is 3. The number of hydrogen-bond donors (Lipinski definition) is 1. The largest absolute Gasteiger partial charge is 0.416 e. The van der Waals surface area contributed by atoms with Gasteiger partial charge in [-0.2, -0.15) is 26.3 Å². The van der Waals surface area contributed by atoms with E-state index in [2.05, 4.69) is 0 Å². The molecule has 4 rings (SSSR count). The first-order chi connectivity index (χ1) is 20.5. The SMILES string of the molecule is Cc1ccsc1C1CN(C(=O)C2CCN(C(=O)CO)CC2)CCC1C(=O)N(C)[C@@H](C)c1cc(C(F)(F)F)cc(C(F)(F)F)c1. The van der Waals surface area contributed by atoms with Crippen LogP contribution in [0.1, 0.15) is 65.3 Å². The van der Waals surface area contributed by atoms with Gasteiger partial charge >= 0.3 is 12.4 Å². The number of aryl methyl sites for hydroxylation is 1. The molecule has 0 radical (unpaired) electrons. The van der Waals surface area contributed by atoms with Gasteiger partial charge in [-0.25, -0.2) is 0 Å². The van der Waals surface area contributed by atoms with Crippen LogP contribution in [0.25, 0.3) is 0 Å². The van der Waals surface area contributed by atoms with Crippen molar-refractivity contribution in [2.75, 3.05) is 39.8 Å². The first-order valence-corrected chi connectivity index (χ1v) is 15.2. The number of benzene rings is 1. The first kappa shape index (κ1) is 33.8. The average molecular weight is 648 g/mol. The summed E-state index contributed by atoms with van der Waals surface area (Å²) < 4.78 is 81.0. The second kappa shape index (κ2) is 13.1. The molecule has 0 saturated carbocycles. The van der Waals surface area contributed by atoms with Gasteiger partial charge in [0.1, 0.15) is 6.61 Å². The highest BCUT2D eigenvalue weighted by atomic mass is 32.1. The Morgan fingerprint density at radius 3 is 2.05 bits per heavy atom. The molecule has 0 spiro atoms. The molecule has 2 aliphatic rings. The summed E-state index contributed by atoms with van der Waals surface area (Å²) >= 11 is 1.43. The second-order valence-corrected chi connectivity index (χ2v) is 12.5. The number of alkyl halides is 6. The van der Waals surface area contributed by atoms with E-state index in [1.807, 2.05) is 18.4 Å². The Labute approximate surface area is 255 Å². The number of aliphatic hydroxyl groups excluding tert-OH is 1. The summed E-state index contributed by atoms with van der Waals surface area (Å²) in [5.74, 6) is -2.29. The van der Waals surface area contributed by atoms with Crippen molar-refractivity contribution in [3.8, 4) is 0 Å². The Bertz CT molecular complexity index is 1340. The predicted molar refractivity (Wildman–Crippen MR) is 151 cm³/mol. The Hall–Kier alpha value is -3.13. The summed E-state index contributed by atoms with van der Waals surface area (Å²) in [6.45, 7) is 3.89. The summed E-state index contributed by atoms with van der Waals surface area (Å²) in [6.07, 6.45) is -8.86. The van der Waals surface area contributed by atoms with Gasteiger partial charge in [-0.1, -0.05) is 0 Å². The molecule has 14 heteroatoms. The number of nitrogens with zero attached hydrogens (tertiary/aromatic N) is 3.